The molecule has 1 aliphatic rings. The van der Waals surface area contributed by atoms with Crippen LogP contribution < -0.4 is 4.74 Å². The van der Waals surface area contributed by atoms with Gasteiger partial charge >= 0.3 is 0 Å². The number of likely N-dealkylation sites (tertiary alicyclic amines) is 1. The number of β-amino-alcohol motifs (C(OH)–C–C–N with tert-alkyl or cyclic N) is 1. The largest absolute Gasteiger partial charge is 0.491 e. The molecule has 1 aromatic carbocycles. The van der Waals surface area contributed by atoms with E-state index in [0.717, 1.165) is 31.7 Å². The lowest BCUT2D eigenvalue weighted by Gasteiger charge is -2.33. The van der Waals surface area contributed by atoms with Gasteiger partial charge in [0.2, 0.25) is 5.91 Å². The fourth-order valence-electron chi connectivity index (χ4n) is 3.36. The van der Waals surface area contributed by atoms with Gasteiger partial charge in [0.25, 0.3) is 0 Å². The lowest BCUT2D eigenvalue weighted by atomic mass is 9.93. The number of piperidine rings is 1. The van der Waals surface area contributed by atoms with Gasteiger partial charge in [0, 0.05) is 27.1 Å². The summed E-state index contributed by atoms with van der Waals surface area (Å²) >= 11 is 0. The summed E-state index contributed by atoms with van der Waals surface area (Å²) in [5.74, 6) is 1.49. The Balaban J connectivity index is 1.69. The van der Waals surface area contributed by atoms with Gasteiger partial charge in [-0.05, 0) is 69.0 Å². The van der Waals surface area contributed by atoms with E-state index in [4.69, 9.17) is 4.74 Å². The van der Waals surface area contributed by atoms with Gasteiger partial charge in [0.1, 0.15) is 18.5 Å². The summed E-state index contributed by atoms with van der Waals surface area (Å²) in [6, 6.07) is 6.09. The first kappa shape index (κ1) is 19.7. The molecule has 1 amide bonds. The molecule has 1 N–H and O–H groups in total. The summed E-state index contributed by atoms with van der Waals surface area (Å²) in [6.07, 6.45) is 2.18. The van der Waals surface area contributed by atoms with E-state index in [0.29, 0.717) is 25.5 Å². The monoisotopic (exact) mass is 348 g/mol. The van der Waals surface area contributed by atoms with Crippen LogP contribution in [0.5, 0.6) is 5.75 Å². The van der Waals surface area contributed by atoms with E-state index in [-0.39, 0.29) is 5.91 Å². The van der Waals surface area contributed by atoms with Crippen LogP contribution in [0.4, 0.5) is 0 Å². The summed E-state index contributed by atoms with van der Waals surface area (Å²) < 4.78 is 5.74. The molecular formula is C20H32N2O3. The van der Waals surface area contributed by atoms with Crippen molar-refractivity contribution in [2.75, 3.05) is 40.3 Å². The van der Waals surface area contributed by atoms with Crippen LogP contribution in [0.25, 0.3) is 0 Å². The number of aliphatic hydroxyl groups excluding tert-OH is 1. The molecule has 0 aliphatic carbocycles. The number of ether oxygens (including phenoxy) is 1. The van der Waals surface area contributed by atoms with Gasteiger partial charge in [0.15, 0.2) is 0 Å². The van der Waals surface area contributed by atoms with Crippen molar-refractivity contribution in [3.05, 3.63) is 29.3 Å². The predicted molar refractivity (Wildman–Crippen MR) is 99.9 cm³/mol. The van der Waals surface area contributed by atoms with Crippen LogP contribution in [0.2, 0.25) is 0 Å². The average Bonchev–Trinajstić information content (AvgIpc) is 2.54. The average molecular weight is 348 g/mol. The number of hydrogen-bond acceptors (Lipinski definition) is 4. The zero-order valence-electron chi connectivity index (χ0n) is 16.0. The molecule has 1 heterocycles. The molecule has 25 heavy (non-hydrogen) atoms. The van der Waals surface area contributed by atoms with Gasteiger partial charge in [-0.1, -0.05) is 6.07 Å². The minimum Gasteiger partial charge on any atom is -0.491 e. The third-order valence-corrected chi connectivity index (χ3v) is 4.78. The van der Waals surface area contributed by atoms with Crippen molar-refractivity contribution >= 4 is 5.91 Å². The van der Waals surface area contributed by atoms with Crippen LogP contribution in [0.1, 0.15) is 30.4 Å². The first-order valence-electron chi connectivity index (χ1n) is 9.15. The van der Waals surface area contributed by atoms with Crippen molar-refractivity contribution in [1.82, 2.24) is 9.80 Å². The Bertz CT molecular complexity index is 546. The Kier molecular flexibility index (Phi) is 7.26. The maximum atomic E-state index is 11.8. The topological polar surface area (TPSA) is 53.0 Å². The SMILES string of the molecule is Cc1cc(C)cc(OCC(O)CN2CCC(CC(=O)N(C)C)CC2)c1. The molecule has 1 saturated heterocycles. The quantitative estimate of drug-likeness (QED) is 0.821. The molecule has 1 aliphatic heterocycles. The number of carbonyl (C=O) groups excluding carboxylic acids is 1. The highest BCUT2D eigenvalue weighted by atomic mass is 16.5. The van der Waals surface area contributed by atoms with Crippen molar-refractivity contribution in [2.24, 2.45) is 5.92 Å². The minimum absolute atomic E-state index is 0.209. The number of benzene rings is 1. The number of amides is 1. The van der Waals surface area contributed by atoms with Crippen LogP contribution in [0.3, 0.4) is 0 Å². The van der Waals surface area contributed by atoms with E-state index >= 15 is 0 Å². The molecule has 140 valence electrons. The standard InChI is InChI=1S/C20H32N2O3/c1-15-9-16(2)11-19(10-15)25-14-18(23)13-22-7-5-17(6-8-22)12-20(24)21(3)4/h9-11,17-18,23H,5-8,12-14H2,1-4H3. The molecule has 0 radical (unpaired) electrons. The maximum absolute atomic E-state index is 11.8. The van der Waals surface area contributed by atoms with Crippen LogP contribution in [0.15, 0.2) is 18.2 Å². The van der Waals surface area contributed by atoms with Crippen molar-refractivity contribution in [2.45, 2.75) is 39.2 Å². The van der Waals surface area contributed by atoms with Gasteiger partial charge in [-0.25, -0.2) is 0 Å². The number of aryl methyl sites for hydroxylation is 2. The van der Waals surface area contributed by atoms with Gasteiger partial charge < -0.3 is 19.6 Å². The minimum atomic E-state index is -0.499. The zero-order valence-corrected chi connectivity index (χ0v) is 16.0. The molecule has 1 atom stereocenters. The van der Waals surface area contributed by atoms with E-state index in [1.54, 1.807) is 4.90 Å². The van der Waals surface area contributed by atoms with Crippen LogP contribution in [-0.4, -0.2) is 67.3 Å². The second kappa shape index (κ2) is 9.20. The third-order valence-electron chi connectivity index (χ3n) is 4.78. The van der Waals surface area contributed by atoms with Gasteiger partial charge in [0.05, 0.1) is 0 Å². The van der Waals surface area contributed by atoms with Crippen molar-refractivity contribution in [3.63, 3.8) is 0 Å². The van der Waals surface area contributed by atoms with Crippen molar-refractivity contribution in [3.8, 4) is 5.75 Å². The van der Waals surface area contributed by atoms with Gasteiger partial charge in [-0.3, -0.25) is 4.79 Å². The Morgan fingerprint density at radius 2 is 1.84 bits per heavy atom. The van der Waals surface area contributed by atoms with Gasteiger partial charge in [-0.15, -0.1) is 0 Å². The molecule has 1 unspecified atom stereocenters. The molecule has 0 aromatic heterocycles. The fraction of sp³-hybridized carbons (Fsp3) is 0.650. The molecule has 0 saturated carbocycles. The second-order valence-electron chi connectivity index (χ2n) is 7.52. The first-order valence-corrected chi connectivity index (χ1v) is 9.15. The smallest absolute Gasteiger partial charge is 0.222 e. The second-order valence-corrected chi connectivity index (χ2v) is 7.52. The van der Waals surface area contributed by atoms with Crippen LogP contribution in [-0.2, 0) is 4.79 Å². The number of carbonyl (C=O) groups is 1. The normalized spacial score (nSPS) is 17.3. The summed E-state index contributed by atoms with van der Waals surface area (Å²) in [6.45, 7) is 6.89. The zero-order chi connectivity index (χ0) is 18.4. The molecule has 5 heteroatoms. The van der Waals surface area contributed by atoms with E-state index in [2.05, 4.69) is 11.0 Å². The van der Waals surface area contributed by atoms with E-state index in [1.165, 1.54) is 11.1 Å². The molecule has 1 aromatic rings. The van der Waals surface area contributed by atoms with Crippen LogP contribution in [0, 0.1) is 19.8 Å². The number of hydrogen-bond donors (Lipinski definition) is 1. The Hall–Kier alpha value is -1.59. The summed E-state index contributed by atoms with van der Waals surface area (Å²) in [7, 11) is 3.62. The number of rotatable bonds is 7. The lowest BCUT2D eigenvalue weighted by molar-refractivity contribution is -0.130. The highest BCUT2D eigenvalue weighted by Crippen LogP contribution is 2.21. The van der Waals surface area contributed by atoms with Crippen molar-refractivity contribution in [1.29, 1.82) is 0 Å². The van der Waals surface area contributed by atoms with E-state index in [1.807, 2.05) is 40.1 Å². The Morgan fingerprint density at radius 1 is 1.24 bits per heavy atom. The fourth-order valence-corrected chi connectivity index (χ4v) is 3.36. The Morgan fingerprint density at radius 3 is 2.40 bits per heavy atom. The van der Waals surface area contributed by atoms with Gasteiger partial charge in [-0.2, -0.15) is 0 Å². The third kappa shape index (κ3) is 6.67. The molecule has 2 rings (SSSR count). The number of aliphatic hydroxyl groups is 1. The van der Waals surface area contributed by atoms with E-state index in [9.17, 15) is 9.90 Å². The molecule has 5 nitrogen and oxygen atoms in total. The highest BCUT2D eigenvalue weighted by molar-refractivity contribution is 5.75. The molecular weight excluding hydrogens is 316 g/mol. The molecule has 0 spiro atoms. The first-order chi connectivity index (χ1) is 11.8. The van der Waals surface area contributed by atoms with Crippen LogP contribution >= 0.6 is 0 Å². The predicted octanol–water partition coefficient (Wildman–Crippen LogP) is 2.23. The summed E-state index contributed by atoms with van der Waals surface area (Å²) in [5.41, 5.74) is 2.33. The molecule has 0 bridgehead atoms. The number of nitrogens with zero attached hydrogens (tertiary/aromatic N) is 2. The highest BCUT2D eigenvalue weighted by Gasteiger charge is 2.23. The van der Waals surface area contributed by atoms with E-state index < -0.39 is 6.10 Å². The summed E-state index contributed by atoms with van der Waals surface area (Å²) in [4.78, 5) is 15.7. The maximum Gasteiger partial charge on any atom is 0.222 e. The Labute approximate surface area is 151 Å². The summed E-state index contributed by atoms with van der Waals surface area (Å²) in [5, 5.41) is 10.3. The lowest BCUT2D eigenvalue weighted by Crippen LogP contribution is -2.41. The van der Waals surface area contributed by atoms with Crippen molar-refractivity contribution < 1.29 is 14.6 Å². The molecule has 1 fully saturated rings.